The van der Waals surface area contributed by atoms with Crippen molar-refractivity contribution in [2.24, 2.45) is 5.73 Å². The van der Waals surface area contributed by atoms with E-state index in [4.69, 9.17) is 18.0 Å². The first kappa shape index (κ1) is 16.9. The quantitative estimate of drug-likeness (QED) is 0.794. The summed E-state index contributed by atoms with van der Waals surface area (Å²) in [7, 11) is 1.89. The van der Waals surface area contributed by atoms with Crippen LogP contribution in [-0.2, 0) is 4.79 Å². The molecule has 0 aliphatic rings. The largest absolute Gasteiger partial charge is 0.389 e. The molecular weight excluding hydrogens is 338 g/mol. The molecule has 0 aliphatic heterocycles. The van der Waals surface area contributed by atoms with Gasteiger partial charge in [-0.05, 0) is 48.0 Å². The summed E-state index contributed by atoms with van der Waals surface area (Å²) < 4.78 is 0.873. The molecule has 0 atom stereocenters. The monoisotopic (exact) mass is 357 g/mol. The minimum Gasteiger partial charge on any atom is -0.389 e. The van der Waals surface area contributed by atoms with Crippen LogP contribution < -0.4 is 10.6 Å². The highest BCUT2D eigenvalue weighted by atomic mass is 79.9. The molecule has 1 amide bonds. The first-order valence-corrected chi connectivity index (χ1v) is 7.69. The summed E-state index contributed by atoms with van der Waals surface area (Å²) in [5.41, 5.74) is 7.34. The third-order valence-corrected chi connectivity index (χ3v) is 4.00. The normalized spacial score (nSPS) is 10.2. The summed E-state index contributed by atoms with van der Waals surface area (Å²) in [4.78, 5) is 16.2. The molecule has 0 aliphatic carbocycles. The van der Waals surface area contributed by atoms with Crippen LogP contribution in [0.25, 0.3) is 0 Å². The fourth-order valence-corrected chi connectivity index (χ4v) is 2.74. The van der Waals surface area contributed by atoms with E-state index in [0.717, 1.165) is 28.8 Å². The van der Waals surface area contributed by atoms with Gasteiger partial charge in [-0.15, -0.1) is 0 Å². The molecule has 0 aromatic heterocycles. The van der Waals surface area contributed by atoms with Crippen molar-refractivity contribution in [3.8, 4) is 0 Å². The summed E-state index contributed by atoms with van der Waals surface area (Å²) in [5.74, 6) is 0.114. The minimum atomic E-state index is 0.114. The van der Waals surface area contributed by atoms with Gasteiger partial charge >= 0.3 is 0 Å². The van der Waals surface area contributed by atoms with Crippen molar-refractivity contribution in [1.29, 1.82) is 0 Å². The van der Waals surface area contributed by atoms with Crippen LogP contribution in [0.15, 0.2) is 22.7 Å². The Bertz CT molecular complexity index is 503. The zero-order chi connectivity index (χ0) is 15.3. The smallest absolute Gasteiger partial charge is 0.242 e. The van der Waals surface area contributed by atoms with Crippen molar-refractivity contribution in [3.05, 3.63) is 28.2 Å². The van der Waals surface area contributed by atoms with Gasteiger partial charge in [0.05, 0.1) is 12.2 Å². The van der Waals surface area contributed by atoms with Crippen LogP contribution in [0.4, 0.5) is 5.69 Å². The number of nitrogens with zero attached hydrogens (tertiary/aromatic N) is 2. The van der Waals surface area contributed by atoms with Crippen molar-refractivity contribution >= 4 is 44.7 Å². The number of anilines is 1. The highest BCUT2D eigenvalue weighted by Gasteiger charge is 2.14. The van der Waals surface area contributed by atoms with E-state index in [2.05, 4.69) is 15.9 Å². The van der Waals surface area contributed by atoms with Gasteiger partial charge in [0.15, 0.2) is 0 Å². The molecule has 1 rings (SSSR count). The lowest BCUT2D eigenvalue weighted by Crippen LogP contribution is -2.38. The van der Waals surface area contributed by atoms with E-state index in [1.165, 1.54) is 0 Å². The Labute approximate surface area is 134 Å². The fourth-order valence-electron chi connectivity index (χ4n) is 1.93. The Morgan fingerprint density at radius 1 is 1.35 bits per heavy atom. The second-order valence-electron chi connectivity index (χ2n) is 4.45. The van der Waals surface area contributed by atoms with E-state index < -0.39 is 0 Å². The summed E-state index contributed by atoms with van der Waals surface area (Å²) in [6, 6.07) is 5.64. The number of hydrogen-bond acceptors (Lipinski definition) is 3. The number of rotatable bonds is 6. The maximum absolute atomic E-state index is 12.1. The van der Waals surface area contributed by atoms with Gasteiger partial charge < -0.3 is 15.5 Å². The number of hydrogen-bond donors (Lipinski definition) is 1. The maximum Gasteiger partial charge on any atom is 0.242 e. The number of nitrogens with two attached hydrogens (primary N) is 1. The third-order valence-electron chi connectivity index (χ3n) is 3.13. The first-order valence-electron chi connectivity index (χ1n) is 6.48. The van der Waals surface area contributed by atoms with E-state index in [0.29, 0.717) is 11.5 Å². The van der Waals surface area contributed by atoms with Crippen LogP contribution in [0.5, 0.6) is 0 Å². The second kappa shape index (κ2) is 7.59. The molecule has 0 heterocycles. The molecule has 0 saturated heterocycles. The van der Waals surface area contributed by atoms with E-state index >= 15 is 0 Å². The van der Waals surface area contributed by atoms with Gasteiger partial charge in [-0.3, -0.25) is 4.79 Å². The van der Waals surface area contributed by atoms with Gasteiger partial charge in [-0.1, -0.05) is 12.2 Å². The molecule has 0 unspecified atom stereocenters. The molecule has 1 aromatic rings. The summed E-state index contributed by atoms with van der Waals surface area (Å²) >= 11 is 8.44. The fraction of sp³-hybridized carbons (Fsp3) is 0.429. The van der Waals surface area contributed by atoms with Crippen LogP contribution in [0.2, 0.25) is 0 Å². The Morgan fingerprint density at radius 3 is 2.40 bits per heavy atom. The van der Waals surface area contributed by atoms with Gasteiger partial charge in [-0.25, -0.2) is 0 Å². The van der Waals surface area contributed by atoms with Crippen LogP contribution in [0, 0.1) is 0 Å². The van der Waals surface area contributed by atoms with Crippen molar-refractivity contribution in [2.75, 3.05) is 31.6 Å². The number of thiocarbonyl (C=S) groups is 1. The standard InChI is InChI=1S/C14H20BrN3OS/c1-4-18(5-2)13(19)9-17(3)12-7-6-10(14(16)20)8-11(12)15/h6-8H,4-5,9H2,1-3H3,(H2,16,20). The lowest BCUT2D eigenvalue weighted by molar-refractivity contribution is -0.129. The number of benzene rings is 1. The topological polar surface area (TPSA) is 49.6 Å². The molecule has 6 heteroatoms. The lowest BCUT2D eigenvalue weighted by atomic mass is 10.2. The van der Waals surface area contributed by atoms with Gasteiger partial charge in [0.1, 0.15) is 4.99 Å². The molecule has 2 N–H and O–H groups in total. The van der Waals surface area contributed by atoms with Gasteiger partial charge in [0, 0.05) is 30.2 Å². The zero-order valence-electron chi connectivity index (χ0n) is 12.0. The Hall–Kier alpha value is -1.14. The zero-order valence-corrected chi connectivity index (χ0v) is 14.4. The minimum absolute atomic E-state index is 0.114. The highest BCUT2D eigenvalue weighted by Crippen LogP contribution is 2.26. The van der Waals surface area contributed by atoms with Gasteiger partial charge in [0.25, 0.3) is 0 Å². The van der Waals surface area contributed by atoms with Crippen LogP contribution in [-0.4, -0.2) is 42.5 Å². The maximum atomic E-state index is 12.1. The Morgan fingerprint density at radius 2 is 1.95 bits per heavy atom. The Kier molecular flexibility index (Phi) is 6.42. The first-order chi connectivity index (χ1) is 9.40. The summed E-state index contributed by atoms with van der Waals surface area (Å²) in [6.45, 7) is 5.75. The molecule has 110 valence electrons. The molecule has 20 heavy (non-hydrogen) atoms. The van der Waals surface area contributed by atoms with Crippen molar-refractivity contribution < 1.29 is 4.79 Å². The van der Waals surface area contributed by atoms with Crippen molar-refractivity contribution in [3.63, 3.8) is 0 Å². The van der Waals surface area contributed by atoms with Crippen LogP contribution in [0.1, 0.15) is 19.4 Å². The highest BCUT2D eigenvalue weighted by molar-refractivity contribution is 9.10. The predicted molar refractivity (Wildman–Crippen MR) is 91.2 cm³/mol. The molecular formula is C14H20BrN3OS. The second-order valence-corrected chi connectivity index (χ2v) is 5.75. The SMILES string of the molecule is CCN(CC)C(=O)CN(C)c1ccc(C(N)=S)cc1Br. The molecule has 0 spiro atoms. The van der Waals surface area contributed by atoms with Gasteiger partial charge in [-0.2, -0.15) is 0 Å². The molecule has 0 bridgehead atoms. The van der Waals surface area contributed by atoms with Crippen LogP contribution in [0.3, 0.4) is 0 Å². The van der Waals surface area contributed by atoms with Crippen molar-refractivity contribution in [1.82, 2.24) is 4.90 Å². The molecule has 4 nitrogen and oxygen atoms in total. The average molecular weight is 358 g/mol. The third kappa shape index (κ3) is 4.18. The van der Waals surface area contributed by atoms with Gasteiger partial charge in [0.2, 0.25) is 5.91 Å². The summed E-state index contributed by atoms with van der Waals surface area (Å²) in [6.07, 6.45) is 0. The van der Waals surface area contributed by atoms with Crippen molar-refractivity contribution in [2.45, 2.75) is 13.8 Å². The molecule has 0 fully saturated rings. The number of carbonyl (C=O) groups is 1. The van der Waals surface area contributed by atoms with Crippen LogP contribution >= 0.6 is 28.1 Å². The van der Waals surface area contributed by atoms with E-state index in [1.54, 1.807) is 0 Å². The molecule has 0 radical (unpaired) electrons. The predicted octanol–water partition coefficient (Wildman–Crippen LogP) is 2.39. The summed E-state index contributed by atoms with van der Waals surface area (Å²) in [5, 5.41) is 0. The number of likely N-dealkylation sites (N-methyl/N-ethyl adjacent to an activating group) is 2. The lowest BCUT2D eigenvalue weighted by Gasteiger charge is -2.25. The average Bonchev–Trinajstić information content (AvgIpc) is 2.39. The number of amides is 1. The Balaban J connectivity index is 2.85. The number of carbonyl (C=O) groups excluding carboxylic acids is 1. The number of halogens is 1. The molecule has 0 saturated carbocycles. The van der Waals surface area contributed by atoms with E-state index in [1.807, 2.05) is 48.9 Å². The van der Waals surface area contributed by atoms with E-state index in [-0.39, 0.29) is 5.91 Å². The molecule has 1 aromatic carbocycles. The van der Waals surface area contributed by atoms with E-state index in [9.17, 15) is 4.79 Å².